The Morgan fingerprint density at radius 3 is 2.29 bits per heavy atom. The molecule has 0 bridgehead atoms. The average molecular weight is 494 g/mol. The van der Waals surface area contributed by atoms with Crippen LogP contribution in [0.2, 0.25) is 0 Å². The molecule has 2 N–H and O–H groups in total. The maximum atomic E-state index is 13.1. The second-order valence-corrected chi connectivity index (χ2v) is 8.90. The molecular weight excluding hydrogens is 467 g/mol. The lowest BCUT2D eigenvalue weighted by Gasteiger charge is -2.22. The molecule has 6 nitrogen and oxygen atoms in total. The fourth-order valence-electron chi connectivity index (χ4n) is 3.60. The second-order valence-electron chi connectivity index (χ2n) is 7.80. The molecule has 0 fully saturated rings. The molecule has 0 aromatic heterocycles. The molecule has 0 radical (unpaired) electrons. The second kappa shape index (κ2) is 10.9. The van der Waals surface area contributed by atoms with Crippen LogP contribution in [0.3, 0.4) is 0 Å². The molecule has 182 valence electrons. The molecule has 2 aromatic carbocycles. The summed E-state index contributed by atoms with van der Waals surface area (Å²) in [4.78, 5) is 19.4. The van der Waals surface area contributed by atoms with Gasteiger partial charge in [-0.25, -0.2) is 9.20 Å². The molecule has 1 heterocycles. The smallest absolute Gasteiger partial charge is 0.394 e. The van der Waals surface area contributed by atoms with Gasteiger partial charge >= 0.3 is 16.6 Å². The van der Waals surface area contributed by atoms with Crippen LogP contribution in [0.15, 0.2) is 53.0 Å². The number of hydrogen-bond donors (Lipinski definition) is 1. The van der Waals surface area contributed by atoms with Crippen molar-refractivity contribution in [1.82, 2.24) is 4.90 Å². The number of carbonyl (C=O) groups is 1. The van der Waals surface area contributed by atoms with Crippen LogP contribution >= 0.6 is 0 Å². The van der Waals surface area contributed by atoms with Crippen molar-refractivity contribution in [2.24, 2.45) is 10.7 Å². The summed E-state index contributed by atoms with van der Waals surface area (Å²) < 4.78 is 52.8. The highest BCUT2D eigenvalue weighted by Gasteiger charge is 2.40. The minimum atomic E-state index is -4.95. The van der Waals surface area contributed by atoms with Crippen molar-refractivity contribution in [1.29, 1.82) is 0 Å². The highest BCUT2D eigenvalue weighted by Crippen LogP contribution is 2.33. The summed E-state index contributed by atoms with van der Waals surface area (Å²) >= 11 is -3.43. The first-order chi connectivity index (χ1) is 16.1. The van der Waals surface area contributed by atoms with Gasteiger partial charge < -0.3 is 14.8 Å². The third-order valence-electron chi connectivity index (χ3n) is 5.09. The van der Waals surface area contributed by atoms with Gasteiger partial charge in [0.2, 0.25) is 5.91 Å². The number of nitrogens with zero attached hydrogens (tertiary/aromatic N) is 2. The lowest BCUT2D eigenvalue weighted by atomic mass is 10.0. The van der Waals surface area contributed by atoms with Crippen molar-refractivity contribution >= 4 is 34.6 Å². The molecule has 1 aliphatic rings. The molecule has 10 heteroatoms. The lowest BCUT2D eigenvalue weighted by Crippen LogP contribution is -2.34. The van der Waals surface area contributed by atoms with E-state index < -0.39 is 16.6 Å². The number of fused-ring (bicyclic) bond motifs is 1. The molecule has 0 spiro atoms. The highest BCUT2D eigenvalue weighted by atomic mass is 32.2. The van der Waals surface area contributed by atoms with Crippen molar-refractivity contribution in [3.63, 3.8) is 0 Å². The number of hydrogen-bond acceptors (Lipinski definition) is 5. The Morgan fingerprint density at radius 2 is 1.71 bits per heavy atom. The first-order valence-corrected chi connectivity index (χ1v) is 11.9. The fourth-order valence-corrected chi connectivity index (χ4v) is 3.98. The van der Waals surface area contributed by atoms with E-state index in [1.165, 1.54) is 12.1 Å². The van der Waals surface area contributed by atoms with Crippen molar-refractivity contribution in [2.75, 3.05) is 13.1 Å². The van der Waals surface area contributed by atoms with Gasteiger partial charge in [-0.2, -0.15) is 13.2 Å². The Balaban J connectivity index is 1.86. The molecule has 2 aromatic rings. The predicted molar refractivity (Wildman–Crippen MR) is 128 cm³/mol. The summed E-state index contributed by atoms with van der Waals surface area (Å²) in [6.07, 6.45) is 3.78. The van der Waals surface area contributed by atoms with Crippen LogP contribution in [0.25, 0.3) is 17.2 Å². The van der Waals surface area contributed by atoms with E-state index >= 15 is 0 Å². The van der Waals surface area contributed by atoms with E-state index in [1.807, 2.05) is 37.0 Å². The largest absolute Gasteiger partial charge is 0.508 e. The number of aliphatic imine (C=N–C) groups is 1. The topological polar surface area (TPSA) is 85.0 Å². The maximum absolute atomic E-state index is 13.1. The van der Waals surface area contributed by atoms with E-state index in [0.29, 0.717) is 35.7 Å². The Hall–Kier alpha value is -3.14. The van der Waals surface area contributed by atoms with Crippen molar-refractivity contribution < 1.29 is 26.4 Å². The zero-order valence-electron chi connectivity index (χ0n) is 18.9. The van der Waals surface area contributed by atoms with Crippen molar-refractivity contribution in [3.05, 3.63) is 53.6 Å². The predicted octanol–water partition coefficient (Wildman–Crippen LogP) is 5.34. The van der Waals surface area contributed by atoms with E-state index in [9.17, 15) is 22.2 Å². The summed E-state index contributed by atoms with van der Waals surface area (Å²) in [6.45, 7) is 5.39. The third-order valence-corrected chi connectivity index (χ3v) is 5.82. The molecule has 1 aliphatic heterocycles. The van der Waals surface area contributed by atoms with Crippen LogP contribution < -0.4 is 9.92 Å². The molecule has 1 unspecified atom stereocenters. The van der Waals surface area contributed by atoms with Crippen LogP contribution in [-0.2, 0) is 15.9 Å². The van der Waals surface area contributed by atoms with Gasteiger partial charge in [0.1, 0.15) is 11.6 Å². The molecule has 3 rings (SSSR count). The zero-order valence-corrected chi connectivity index (χ0v) is 19.7. The summed E-state index contributed by atoms with van der Waals surface area (Å²) in [5, 5.41) is 0. The quantitative estimate of drug-likeness (QED) is 0.538. The van der Waals surface area contributed by atoms with Crippen molar-refractivity contribution in [2.45, 2.75) is 38.6 Å². The Labute approximate surface area is 199 Å². The standard InChI is InChI=1S/C24H26F3N3O3S/c1-3-11-30(12-4-2)23(31)19-13-18-6-5-17(14-21(18)29-22(28)15-19)16-7-9-20(10-8-16)33-34(32)24(25,26)27/h5-10,13-14H,3-4,11-12,15H2,1-2H3,(H2,28,29). The minimum Gasteiger partial charge on any atom is -0.394 e. The number of alkyl halides is 3. The Bertz CT molecular complexity index is 1120. The zero-order chi connectivity index (χ0) is 24.9. The monoisotopic (exact) mass is 493 g/mol. The summed E-state index contributed by atoms with van der Waals surface area (Å²) in [5.41, 5.74) is 4.53. The number of rotatable bonds is 8. The molecule has 0 saturated carbocycles. The summed E-state index contributed by atoms with van der Waals surface area (Å²) in [5.74, 6) is 0.110. The first kappa shape index (κ1) is 25.5. The highest BCUT2D eigenvalue weighted by molar-refractivity contribution is 7.81. The fraction of sp³-hybridized carbons (Fsp3) is 0.333. The van der Waals surface area contributed by atoms with Gasteiger partial charge in [-0.1, -0.05) is 38.1 Å². The molecule has 34 heavy (non-hydrogen) atoms. The Kier molecular flexibility index (Phi) is 8.14. The van der Waals surface area contributed by atoms with E-state index in [-0.39, 0.29) is 18.1 Å². The summed E-state index contributed by atoms with van der Waals surface area (Å²) in [7, 11) is 0. The molecule has 1 atom stereocenters. The van der Waals surface area contributed by atoms with E-state index in [0.717, 1.165) is 24.0 Å². The molecular formula is C24H26F3N3O3S. The SMILES string of the molecule is CCCN(CCC)C(=O)C1=Cc2ccc(-c3ccc(OS(=O)C(F)(F)F)cc3)cc2N=C(N)C1. The number of nitrogens with two attached hydrogens (primary N) is 1. The van der Waals surface area contributed by atoms with Crippen LogP contribution in [0.1, 0.15) is 38.7 Å². The lowest BCUT2D eigenvalue weighted by molar-refractivity contribution is -0.127. The van der Waals surface area contributed by atoms with E-state index in [1.54, 1.807) is 18.2 Å². The van der Waals surface area contributed by atoms with Gasteiger partial charge in [0.25, 0.3) is 0 Å². The van der Waals surface area contributed by atoms with Crippen LogP contribution in [-0.4, -0.2) is 39.4 Å². The third kappa shape index (κ3) is 6.25. The number of benzene rings is 2. The number of carbonyl (C=O) groups excluding carboxylic acids is 1. The van der Waals surface area contributed by atoms with Gasteiger partial charge in [0.15, 0.2) is 0 Å². The van der Waals surface area contributed by atoms with Crippen LogP contribution in [0.5, 0.6) is 5.75 Å². The van der Waals surface area contributed by atoms with Crippen molar-refractivity contribution in [3.8, 4) is 16.9 Å². The minimum absolute atomic E-state index is 0.0504. The molecule has 0 aliphatic carbocycles. The number of amidine groups is 1. The van der Waals surface area contributed by atoms with E-state index in [2.05, 4.69) is 9.18 Å². The van der Waals surface area contributed by atoms with Gasteiger partial charge in [-0.15, -0.1) is 0 Å². The van der Waals surface area contributed by atoms with Gasteiger partial charge in [0, 0.05) is 30.6 Å². The number of halogens is 3. The average Bonchev–Trinajstić information content (AvgIpc) is 2.95. The van der Waals surface area contributed by atoms with Gasteiger partial charge in [-0.05, 0) is 48.2 Å². The molecule has 1 amide bonds. The summed E-state index contributed by atoms with van der Waals surface area (Å²) in [6, 6.07) is 11.2. The normalized spacial score (nSPS) is 14.4. The van der Waals surface area contributed by atoms with E-state index in [4.69, 9.17) is 5.73 Å². The van der Waals surface area contributed by atoms with Crippen LogP contribution in [0.4, 0.5) is 18.9 Å². The van der Waals surface area contributed by atoms with Crippen LogP contribution in [0, 0.1) is 0 Å². The van der Waals surface area contributed by atoms with Gasteiger partial charge in [0.05, 0.1) is 5.69 Å². The maximum Gasteiger partial charge on any atom is 0.508 e. The van der Waals surface area contributed by atoms with Gasteiger partial charge in [-0.3, -0.25) is 4.79 Å². The number of amides is 1. The molecule has 0 saturated heterocycles. The Morgan fingerprint density at radius 1 is 1.09 bits per heavy atom. The first-order valence-electron chi connectivity index (χ1n) is 10.9.